The van der Waals surface area contributed by atoms with Crippen LogP contribution in [-0.2, 0) is 10.0 Å². The molecule has 0 amide bonds. The predicted molar refractivity (Wildman–Crippen MR) is 107 cm³/mol. The van der Waals surface area contributed by atoms with E-state index in [-0.39, 0.29) is 5.75 Å². The van der Waals surface area contributed by atoms with E-state index in [2.05, 4.69) is 18.2 Å². The van der Waals surface area contributed by atoms with Gasteiger partial charge in [-0.1, -0.05) is 18.2 Å². The van der Waals surface area contributed by atoms with Gasteiger partial charge in [0.1, 0.15) is 11.5 Å². The van der Waals surface area contributed by atoms with Crippen LogP contribution < -0.4 is 4.74 Å². The van der Waals surface area contributed by atoms with E-state index < -0.39 is 10.0 Å². The van der Waals surface area contributed by atoms with Crippen molar-refractivity contribution in [3.05, 3.63) is 77.5 Å². The molecule has 2 aromatic rings. The number of hydrogen-bond donors (Lipinski definition) is 0. The molecule has 27 heavy (non-hydrogen) atoms. The maximum Gasteiger partial charge on any atom is 0.256 e. The van der Waals surface area contributed by atoms with Crippen molar-refractivity contribution in [1.29, 1.82) is 0 Å². The van der Waals surface area contributed by atoms with Gasteiger partial charge in [-0.15, -0.1) is 4.40 Å². The molecule has 2 aromatic carbocycles. The zero-order valence-electron chi connectivity index (χ0n) is 15.2. The fourth-order valence-electron chi connectivity index (χ4n) is 3.06. The predicted octanol–water partition coefficient (Wildman–Crippen LogP) is 4.05. The lowest BCUT2D eigenvalue weighted by atomic mass is 10.0. The number of fused-ring (bicyclic) bond motifs is 1. The minimum atomic E-state index is -3.40. The highest BCUT2D eigenvalue weighted by atomic mass is 32.2. The summed E-state index contributed by atoms with van der Waals surface area (Å²) in [6.07, 6.45) is 5.65. The van der Waals surface area contributed by atoms with Crippen molar-refractivity contribution in [2.45, 2.75) is 13.8 Å². The standard InChI is InChI=1S/C21H20N2O3S/c1-15-5-8-19(14-16(15)2)26-18-9-6-17(7-10-18)20-4-3-11-23-12-13-27(24,25)22-21(20)23/h3-11,14H,12-13H2,1-2H3. The van der Waals surface area contributed by atoms with Gasteiger partial charge in [0.05, 0.1) is 5.75 Å². The van der Waals surface area contributed by atoms with Crippen LogP contribution >= 0.6 is 0 Å². The molecule has 6 heteroatoms. The topological polar surface area (TPSA) is 59.0 Å². The minimum absolute atomic E-state index is 0.0386. The molecule has 138 valence electrons. The molecule has 0 radical (unpaired) electrons. The van der Waals surface area contributed by atoms with Crippen LogP contribution in [0.15, 0.2) is 65.2 Å². The number of ether oxygens (including phenoxy) is 1. The summed E-state index contributed by atoms with van der Waals surface area (Å²) in [5.74, 6) is 2.03. The first-order valence-electron chi connectivity index (χ1n) is 8.75. The summed E-state index contributed by atoms with van der Waals surface area (Å²) in [5.41, 5.74) is 4.09. The Balaban J connectivity index is 1.60. The van der Waals surface area contributed by atoms with Gasteiger partial charge in [0.2, 0.25) is 0 Å². The van der Waals surface area contributed by atoms with Crippen LogP contribution in [0.4, 0.5) is 0 Å². The molecule has 0 saturated heterocycles. The number of allylic oxidation sites excluding steroid dienone is 2. The summed E-state index contributed by atoms with van der Waals surface area (Å²) in [5, 5.41) is 0. The van der Waals surface area contributed by atoms with Gasteiger partial charge in [0.15, 0.2) is 5.84 Å². The molecular weight excluding hydrogens is 360 g/mol. The Hall–Kier alpha value is -2.86. The Morgan fingerprint density at radius 1 is 1.00 bits per heavy atom. The molecule has 2 aliphatic heterocycles. The number of hydrogen-bond acceptors (Lipinski definition) is 4. The van der Waals surface area contributed by atoms with E-state index in [1.165, 1.54) is 11.1 Å². The van der Waals surface area contributed by atoms with Gasteiger partial charge in [-0.25, -0.2) is 8.42 Å². The maximum atomic E-state index is 11.9. The lowest BCUT2D eigenvalue weighted by Gasteiger charge is -2.29. The fourth-order valence-corrected chi connectivity index (χ4v) is 4.04. The van der Waals surface area contributed by atoms with Crippen LogP contribution in [0.2, 0.25) is 0 Å². The third-order valence-electron chi connectivity index (χ3n) is 4.74. The van der Waals surface area contributed by atoms with Gasteiger partial charge in [-0.05, 0) is 67.0 Å². The van der Waals surface area contributed by atoms with E-state index >= 15 is 0 Å². The molecule has 2 aliphatic rings. The van der Waals surface area contributed by atoms with Crippen molar-refractivity contribution < 1.29 is 13.2 Å². The molecule has 2 heterocycles. The molecule has 0 spiro atoms. The second-order valence-electron chi connectivity index (χ2n) is 6.69. The Kier molecular flexibility index (Phi) is 4.36. The van der Waals surface area contributed by atoms with Gasteiger partial charge < -0.3 is 9.64 Å². The van der Waals surface area contributed by atoms with E-state index in [0.717, 1.165) is 22.6 Å². The van der Waals surface area contributed by atoms with Crippen LogP contribution in [0.1, 0.15) is 16.7 Å². The summed E-state index contributed by atoms with van der Waals surface area (Å²) in [4.78, 5) is 1.87. The number of rotatable bonds is 3. The first kappa shape index (κ1) is 17.5. The number of benzene rings is 2. The van der Waals surface area contributed by atoms with Crippen LogP contribution in [0.25, 0.3) is 5.57 Å². The van der Waals surface area contributed by atoms with Gasteiger partial charge in [-0.2, -0.15) is 0 Å². The second kappa shape index (κ2) is 6.70. The van der Waals surface area contributed by atoms with Gasteiger partial charge in [-0.3, -0.25) is 0 Å². The number of amidine groups is 1. The Labute approximate surface area is 159 Å². The average Bonchev–Trinajstić information content (AvgIpc) is 2.64. The van der Waals surface area contributed by atoms with Crippen molar-refractivity contribution in [1.82, 2.24) is 4.90 Å². The van der Waals surface area contributed by atoms with Crippen LogP contribution in [0.3, 0.4) is 0 Å². The van der Waals surface area contributed by atoms with Crippen molar-refractivity contribution in [3.8, 4) is 11.5 Å². The lowest BCUT2D eigenvalue weighted by Crippen LogP contribution is -2.37. The van der Waals surface area contributed by atoms with Crippen LogP contribution in [0, 0.1) is 13.8 Å². The maximum absolute atomic E-state index is 11.9. The highest BCUT2D eigenvalue weighted by Crippen LogP contribution is 2.29. The Bertz CT molecular complexity index is 1080. The highest BCUT2D eigenvalue weighted by molar-refractivity contribution is 7.90. The normalized spacial score (nSPS) is 17.8. The van der Waals surface area contributed by atoms with Crippen molar-refractivity contribution in [2.75, 3.05) is 12.3 Å². The first-order chi connectivity index (χ1) is 12.9. The molecule has 0 unspecified atom stereocenters. The van der Waals surface area contributed by atoms with Gasteiger partial charge in [0.25, 0.3) is 10.0 Å². The Morgan fingerprint density at radius 3 is 2.48 bits per heavy atom. The van der Waals surface area contributed by atoms with E-state index in [1.807, 2.05) is 65.7 Å². The van der Waals surface area contributed by atoms with Crippen LogP contribution in [-0.4, -0.2) is 31.5 Å². The number of sulfonamides is 1. The quantitative estimate of drug-likeness (QED) is 0.806. The summed E-state index contributed by atoms with van der Waals surface area (Å²) in [7, 11) is -3.40. The average molecular weight is 380 g/mol. The zero-order chi connectivity index (χ0) is 19.0. The molecule has 0 saturated carbocycles. The fraction of sp³-hybridized carbons (Fsp3) is 0.190. The third-order valence-corrected chi connectivity index (χ3v) is 5.89. The van der Waals surface area contributed by atoms with E-state index in [9.17, 15) is 8.42 Å². The minimum Gasteiger partial charge on any atom is -0.457 e. The number of nitrogens with zero attached hydrogens (tertiary/aromatic N) is 2. The number of aryl methyl sites for hydroxylation is 2. The molecule has 4 rings (SSSR count). The molecule has 0 fully saturated rings. The largest absolute Gasteiger partial charge is 0.457 e. The molecular formula is C21H20N2O3S. The summed E-state index contributed by atoms with van der Waals surface area (Å²) in [6, 6.07) is 13.6. The van der Waals surface area contributed by atoms with Crippen molar-refractivity contribution >= 4 is 21.4 Å². The summed E-state index contributed by atoms with van der Waals surface area (Å²) < 4.78 is 33.7. The summed E-state index contributed by atoms with van der Waals surface area (Å²) >= 11 is 0. The van der Waals surface area contributed by atoms with E-state index in [1.54, 1.807) is 0 Å². The third kappa shape index (κ3) is 3.66. The molecule has 0 atom stereocenters. The van der Waals surface area contributed by atoms with Crippen molar-refractivity contribution in [3.63, 3.8) is 0 Å². The monoisotopic (exact) mass is 380 g/mol. The highest BCUT2D eigenvalue weighted by Gasteiger charge is 2.27. The summed E-state index contributed by atoms with van der Waals surface area (Å²) in [6.45, 7) is 4.54. The van der Waals surface area contributed by atoms with Crippen LogP contribution in [0.5, 0.6) is 11.5 Å². The molecule has 0 aliphatic carbocycles. The second-order valence-corrected chi connectivity index (χ2v) is 8.44. The molecule has 5 nitrogen and oxygen atoms in total. The lowest BCUT2D eigenvalue weighted by molar-refractivity contribution is 0.482. The van der Waals surface area contributed by atoms with Gasteiger partial charge in [0, 0.05) is 18.3 Å². The smallest absolute Gasteiger partial charge is 0.256 e. The van der Waals surface area contributed by atoms with E-state index in [4.69, 9.17) is 4.74 Å². The SMILES string of the molecule is Cc1ccc(Oc2ccc(C3=CC=CN4CCS(=O)(=O)N=C34)cc2)cc1C. The zero-order valence-corrected chi connectivity index (χ0v) is 16.0. The molecule has 0 aromatic heterocycles. The molecule has 0 bridgehead atoms. The molecule has 0 N–H and O–H groups in total. The van der Waals surface area contributed by atoms with Crippen molar-refractivity contribution in [2.24, 2.45) is 4.40 Å². The van der Waals surface area contributed by atoms with E-state index in [0.29, 0.717) is 12.4 Å². The first-order valence-corrected chi connectivity index (χ1v) is 10.4. The van der Waals surface area contributed by atoms with Gasteiger partial charge >= 0.3 is 0 Å². The Morgan fingerprint density at radius 2 is 1.74 bits per heavy atom.